The first-order valence-electron chi connectivity index (χ1n) is 9.04. The fourth-order valence-electron chi connectivity index (χ4n) is 3.07. The van der Waals surface area contributed by atoms with Crippen molar-refractivity contribution < 1.29 is 66.8 Å². The van der Waals surface area contributed by atoms with Gasteiger partial charge in [-0.25, -0.2) is 4.39 Å². The highest BCUT2D eigenvalue weighted by molar-refractivity contribution is 9.10. The standard InChI is InChI=1S/C19H7BrF13NO3/c20-11-5-7(15(22,17(25,26)27)18(28,29)30)4-10(16(23,24)19(31,32)33)9(11)6-13(35)8-2-1-3-12(14(8)21)34(36)37/h1-5H,6H2. The highest BCUT2D eigenvalue weighted by atomic mass is 79.9. The number of benzene rings is 2. The third-order valence-corrected chi connectivity index (χ3v) is 5.59. The summed E-state index contributed by atoms with van der Waals surface area (Å²) in [7, 11) is 0. The lowest BCUT2D eigenvalue weighted by Gasteiger charge is -2.32. The summed E-state index contributed by atoms with van der Waals surface area (Å²) in [5.41, 5.74) is -16.0. The highest BCUT2D eigenvalue weighted by Gasteiger charge is 2.74. The summed E-state index contributed by atoms with van der Waals surface area (Å²) >= 11 is 2.18. The van der Waals surface area contributed by atoms with Crippen LogP contribution in [0.1, 0.15) is 27.0 Å². The first kappa shape index (κ1) is 30.3. The van der Waals surface area contributed by atoms with Gasteiger partial charge in [-0.05, 0) is 23.8 Å². The van der Waals surface area contributed by atoms with Gasteiger partial charge in [-0.2, -0.15) is 52.7 Å². The minimum atomic E-state index is -6.89. The van der Waals surface area contributed by atoms with Gasteiger partial charge in [0, 0.05) is 28.1 Å². The number of hydrogen-bond donors (Lipinski definition) is 0. The molecule has 18 heteroatoms. The third kappa shape index (κ3) is 5.24. The van der Waals surface area contributed by atoms with E-state index in [1.807, 2.05) is 0 Å². The number of carbonyl (C=O) groups is 1. The molecule has 4 nitrogen and oxygen atoms in total. The number of halogens is 14. The van der Waals surface area contributed by atoms with E-state index in [0.29, 0.717) is 12.1 Å². The zero-order chi connectivity index (χ0) is 28.9. The third-order valence-electron chi connectivity index (χ3n) is 4.88. The van der Waals surface area contributed by atoms with E-state index in [0.717, 1.165) is 6.07 Å². The first-order valence-corrected chi connectivity index (χ1v) is 9.84. The van der Waals surface area contributed by atoms with E-state index in [1.165, 1.54) is 0 Å². The zero-order valence-electron chi connectivity index (χ0n) is 17.1. The molecule has 2 rings (SSSR count). The maximum absolute atomic E-state index is 14.4. The average molecular weight is 624 g/mol. The van der Waals surface area contributed by atoms with Crippen LogP contribution in [0.15, 0.2) is 34.8 Å². The molecular weight excluding hydrogens is 617 g/mol. The van der Waals surface area contributed by atoms with Gasteiger partial charge >= 0.3 is 35.8 Å². The second-order valence-corrected chi connectivity index (χ2v) is 8.06. The Balaban J connectivity index is 2.86. The lowest BCUT2D eigenvalue weighted by Crippen LogP contribution is -2.50. The van der Waals surface area contributed by atoms with Crippen molar-refractivity contribution in [1.82, 2.24) is 0 Å². The lowest BCUT2D eigenvalue weighted by atomic mass is 9.87. The molecule has 204 valence electrons. The van der Waals surface area contributed by atoms with Crippen molar-refractivity contribution in [3.63, 3.8) is 0 Å². The lowest BCUT2D eigenvalue weighted by molar-refractivity contribution is -0.387. The quantitative estimate of drug-likeness (QED) is 0.142. The average Bonchev–Trinajstić information content (AvgIpc) is 2.71. The van der Waals surface area contributed by atoms with Crippen LogP contribution in [0.25, 0.3) is 0 Å². The number of rotatable bonds is 6. The zero-order valence-corrected chi connectivity index (χ0v) is 18.6. The number of alkyl halides is 12. The van der Waals surface area contributed by atoms with Crippen LogP contribution < -0.4 is 0 Å². The Kier molecular flexibility index (Phi) is 7.72. The van der Waals surface area contributed by atoms with Gasteiger partial charge in [-0.3, -0.25) is 14.9 Å². The molecule has 0 saturated heterocycles. The largest absolute Gasteiger partial charge is 0.458 e. The molecule has 0 aliphatic rings. The van der Waals surface area contributed by atoms with E-state index < -0.39 is 97.6 Å². The van der Waals surface area contributed by atoms with E-state index in [-0.39, 0.29) is 0 Å². The van der Waals surface area contributed by atoms with E-state index in [9.17, 15) is 72.0 Å². The summed E-state index contributed by atoms with van der Waals surface area (Å²) in [5.74, 6) is -9.83. The van der Waals surface area contributed by atoms with Crippen LogP contribution >= 0.6 is 15.9 Å². The maximum Gasteiger partial charge on any atom is 0.458 e. The molecule has 0 amide bonds. The van der Waals surface area contributed by atoms with Gasteiger partial charge < -0.3 is 0 Å². The molecule has 0 N–H and O–H groups in total. The number of nitro groups is 1. The van der Waals surface area contributed by atoms with Crippen molar-refractivity contribution in [3.8, 4) is 0 Å². The summed E-state index contributed by atoms with van der Waals surface area (Å²) < 4.78 is 174. The van der Waals surface area contributed by atoms with Crippen molar-refractivity contribution in [2.75, 3.05) is 0 Å². The summed E-state index contributed by atoms with van der Waals surface area (Å²) in [6, 6.07) is 0.362. The molecule has 0 fully saturated rings. The number of nitro benzene ring substituents is 1. The molecule has 0 aliphatic carbocycles. The number of ketones is 1. The summed E-state index contributed by atoms with van der Waals surface area (Å²) in [5, 5.41) is 10.8. The molecule has 2 aromatic rings. The second kappa shape index (κ2) is 9.43. The molecule has 0 spiro atoms. The SMILES string of the molecule is O=C(Cc1c(Br)cc(C(F)(C(F)(F)F)C(F)(F)F)cc1C(F)(F)C(F)(F)F)c1cccc([N+](=O)[O-])c1F. The van der Waals surface area contributed by atoms with Crippen LogP contribution in [0, 0.1) is 15.9 Å². The molecule has 0 saturated carbocycles. The normalized spacial score (nSPS) is 13.6. The van der Waals surface area contributed by atoms with Crippen molar-refractivity contribution in [2.45, 2.75) is 36.5 Å². The highest BCUT2D eigenvalue weighted by Crippen LogP contribution is 2.55. The Morgan fingerprint density at radius 3 is 1.81 bits per heavy atom. The number of hydrogen-bond acceptors (Lipinski definition) is 3. The van der Waals surface area contributed by atoms with Crippen molar-refractivity contribution >= 4 is 27.4 Å². The van der Waals surface area contributed by atoms with E-state index in [2.05, 4.69) is 15.9 Å². The summed E-state index contributed by atoms with van der Waals surface area (Å²) in [4.78, 5) is 21.9. The number of carbonyl (C=O) groups excluding carboxylic acids is 1. The van der Waals surface area contributed by atoms with Gasteiger partial charge in [0.25, 0.3) is 0 Å². The van der Waals surface area contributed by atoms with Crippen LogP contribution in [-0.4, -0.2) is 29.2 Å². The van der Waals surface area contributed by atoms with Crippen LogP contribution in [0.5, 0.6) is 0 Å². The topological polar surface area (TPSA) is 60.2 Å². The first-order chi connectivity index (χ1) is 16.5. The molecule has 0 heterocycles. The van der Waals surface area contributed by atoms with Crippen LogP contribution in [0.4, 0.5) is 62.8 Å². The van der Waals surface area contributed by atoms with Crippen molar-refractivity contribution in [2.24, 2.45) is 0 Å². The van der Waals surface area contributed by atoms with Gasteiger partial charge in [0.2, 0.25) is 5.82 Å². The van der Waals surface area contributed by atoms with E-state index in [1.54, 1.807) is 0 Å². The molecule has 0 unspecified atom stereocenters. The minimum Gasteiger partial charge on any atom is -0.294 e. The fourth-order valence-corrected chi connectivity index (χ4v) is 3.67. The Hall–Kier alpha value is -2.92. The number of nitrogens with zero attached hydrogens (tertiary/aromatic N) is 1. The summed E-state index contributed by atoms with van der Waals surface area (Å²) in [6.07, 6.45) is -22.2. The van der Waals surface area contributed by atoms with Crippen LogP contribution in [0.2, 0.25) is 0 Å². The van der Waals surface area contributed by atoms with Gasteiger partial charge in [0.1, 0.15) is 0 Å². The van der Waals surface area contributed by atoms with Crippen molar-refractivity contribution in [1.29, 1.82) is 0 Å². The van der Waals surface area contributed by atoms with Gasteiger partial charge in [0.15, 0.2) is 5.78 Å². The monoisotopic (exact) mass is 623 g/mol. The molecule has 2 aromatic carbocycles. The fraction of sp³-hybridized carbons (Fsp3) is 0.316. The molecule has 37 heavy (non-hydrogen) atoms. The minimum absolute atomic E-state index is 0.413. The number of Topliss-reactive ketones (excluding diaryl/α,β-unsaturated/α-hetero) is 1. The van der Waals surface area contributed by atoms with E-state index in [4.69, 9.17) is 0 Å². The smallest absolute Gasteiger partial charge is 0.294 e. The van der Waals surface area contributed by atoms with Gasteiger partial charge in [0.05, 0.1) is 10.5 Å². The van der Waals surface area contributed by atoms with E-state index >= 15 is 0 Å². The predicted molar refractivity (Wildman–Crippen MR) is 100 cm³/mol. The molecule has 0 aromatic heterocycles. The van der Waals surface area contributed by atoms with Gasteiger partial charge in [-0.15, -0.1) is 0 Å². The maximum atomic E-state index is 14.4. The van der Waals surface area contributed by atoms with Crippen LogP contribution in [-0.2, 0) is 18.0 Å². The molecule has 0 bridgehead atoms. The van der Waals surface area contributed by atoms with Crippen molar-refractivity contribution in [3.05, 3.63) is 73.0 Å². The Morgan fingerprint density at radius 1 is 0.865 bits per heavy atom. The molecule has 0 radical (unpaired) electrons. The van der Waals surface area contributed by atoms with Crippen LogP contribution in [0.3, 0.4) is 0 Å². The Morgan fingerprint density at radius 2 is 1.38 bits per heavy atom. The Labute approximate surface area is 204 Å². The molecular formula is C19H7BrF13NO3. The summed E-state index contributed by atoms with van der Waals surface area (Å²) in [6.45, 7) is 0. The Bertz CT molecular complexity index is 1220. The molecule has 0 aliphatic heterocycles. The molecule has 0 atom stereocenters. The predicted octanol–water partition coefficient (Wildman–Crippen LogP) is 7.87. The van der Waals surface area contributed by atoms with Gasteiger partial charge in [-0.1, -0.05) is 22.0 Å². The second-order valence-electron chi connectivity index (χ2n) is 7.21.